The zero-order valence-corrected chi connectivity index (χ0v) is 9.75. The molecule has 0 bridgehead atoms. The molecule has 0 aromatic heterocycles. The van der Waals surface area contributed by atoms with Crippen LogP contribution in [0.1, 0.15) is 5.56 Å². The number of nitrogens with zero attached hydrogens (tertiary/aromatic N) is 2. The molecule has 0 radical (unpaired) electrons. The van der Waals surface area contributed by atoms with E-state index in [4.69, 9.17) is 4.74 Å². The van der Waals surface area contributed by atoms with E-state index in [-0.39, 0.29) is 6.04 Å². The van der Waals surface area contributed by atoms with Crippen LogP contribution < -0.4 is 0 Å². The molecule has 2 rings (SSSR count). The van der Waals surface area contributed by atoms with Crippen molar-refractivity contribution in [2.24, 2.45) is 0 Å². The van der Waals surface area contributed by atoms with Gasteiger partial charge in [0.2, 0.25) is 0 Å². The van der Waals surface area contributed by atoms with E-state index in [1.165, 1.54) is 0 Å². The summed E-state index contributed by atoms with van der Waals surface area (Å²) in [6.45, 7) is 3.10. The summed E-state index contributed by atoms with van der Waals surface area (Å²) in [4.78, 5) is 2.14. The lowest BCUT2D eigenvalue weighted by Gasteiger charge is -2.28. The van der Waals surface area contributed by atoms with Gasteiger partial charge < -0.3 is 4.74 Å². The monoisotopic (exact) mass is 228 g/mol. The van der Waals surface area contributed by atoms with Crippen LogP contribution in [-0.4, -0.2) is 37.2 Å². The highest BCUT2D eigenvalue weighted by Gasteiger charge is 2.17. The van der Waals surface area contributed by atoms with Gasteiger partial charge in [0.1, 0.15) is 6.04 Å². The van der Waals surface area contributed by atoms with Crippen LogP contribution >= 0.6 is 0 Å². The van der Waals surface area contributed by atoms with Gasteiger partial charge >= 0.3 is 0 Å². The molecule has 0 amide bonds. The van der Waals surface area contributed by atoms with E-state index < -0.39 is 0 Å². The van der Waals surface area contributed by atoms with Crippen molar-refractivity contribution < 1.29 is 4.74 Å². The molecule has 88 valence electrons. The first-order valence-electron chi connectivity index (χ1n) is 5.85. The van der Waals surface area contributed by atoms with Crippen molar-refractivity contribution in [3.05, 3.63) is 42.0 Å². The fraction of sp³-hybridized carbons (Fsp3) is 0.357. The summed E-state index contributed by atoms with van der Waals surface area (Å²) in [7, 11) is 0. The van der Waals surface area contributed by atoms with Crippen molar-refractivity contribution in [2.75, 3.05) is 26.3 Å². The third-order valence-corrected chi connectivity index (χ3v) is 2.84. The summed E-state index contributed by atoms with van der Waals surface area (Å²) >= 11 is 0. The van der Waals surface area contributed by atoms with Crippen LogP contribution in [0, 0.1) is 11.3 Å². The summed E-state index contributed by atoms with van der Waals surface area (Å²) < 4.78 is 5.28. The molecular weight excluding hydrogens is 212 g/mol. The second kappa shape index (κ2) is 6.19. The van der Waals surface area contributed by atoms with E-state index >= 15 is 0 Å². The second-order valence-corrected chi connectivity index (χ2v) is 3.99. The second-order valence-electron chi connectivity index (χ2n) is 3.99. The van der Waals surface area contributed by atoms with Crippen molar-refractivity contribution in [3.63, 3.8) is 0 Å². The Balaban J connectivity index is 2.00. The normalized spacial score (nSPS) is 19.0. The Morgan fingerprint density at radius 3 is 2.59 bits per heavy atom. The van der Waals surface area contributed by atoms with Gasteiger partial charge in [-0.2, -0.15) is 5.26 Å². The first-order valence-corrected chi connectivity index (χ1v) is 5.85. The summed E-state index contributed by atoms with van der Waals surface area (Å²) in [6.07, 6.45) is 3.96. The number of morpholine rings is 1. The first-order chi connectivity index (χ1) is 8.40. The minimum absolute atomic E-state index is 0.154. The SMILES string of the molecule is N#C[C@H](/C=C/c1ccccc1)N1CCOCC1. The van der Waals surface area contributed by atoms with E-state index in [9.17, 15) is 5.26 Å². The lowest BCUT2D eigenvalue weighted by molar-refractivity contribution is 0.0342. The number of nitriles is 1. The van der Waals surface area contributed by atoms with Gasteiger partial charge in [-0.3, -0.25) is 4.90 Å². The molecule has 1 saturated heterocycles. The first kappa shape index (κ1) is 11.8. The van der Waals surface area contributed by atoms with Crippen molar-refractivity contribution >= 4 is 6.08 Å². The third kappa shape index (κ3) is 3.42. The van der Waals surface area contributed by atoms with Gasteiger partial charge in [-0.1, -0.05) is 42.5 Å². The topological polar surface area (TPSA) is 36.3 Å². The lowest BCUT2D eigenvalue weighted by atomic mass is 10.1. The third-order valence-electron chi connectivity index (χ3n) is 2.84. The summed E-state index contributed by atoms with van der Waals surface area (Å²) in [5, 5.41) is 9.17. The Bertz CT molecular complexity index is 402. The van der Waals surface area contributed by atoms with Gasteiger partial charge in [0, 0.05) is 13.1 Å². The Labute approximate surface area is 102 Å². The maximum Gasteiger partial charge on any atom is 0.117 e. The van der Waals surface area contributed by atoms with Crippen LogP contribution in [-0.2, 0) is 4.74 Å². The smallest absolute Gasteiger partial charge is 0.117 e. The predicted molar refractivity (Wildman–Crippen MR) is 67.3 cm³/mol. The molecule has 1 aromatic carbocycles. The predicted octanol–water partition coefficient (Wildman–Crippen LogP) is 1.92. The molecule has 1 aliphatic rings. The van der Waals surface area contributed by atoms with Crippen molar-refractivity contribution in [3.8, 4) is 6.07 Å². The zero-order valence-electron chi connectivity index (χ0n) is 9.75. The average Bonchev–Trinajstić information content (AvgIpc) is 2.42. The maximum atomic E-state index is 9.17. The van der Waals surface area contributed by atoms with Crippen LogP contribution in [0.3, 0.4) is 0 Å². The molecule has 0 spiro atoms. The van der Waals surface area contributed by atoms with Crippen LogP contribution in [0.5, 0.6) is 0 Å². The highest BCUT2D eigenvalue weighted by molar-refractivity contribution is 5.50. The average molecular weight is 228 g/mol. The molecule has 1 fully saturated rings. The molecule has 0 N–H and O–H groups in total. The Morgan fingerprint density at radius 2 is 1.94 bits per heavy atom. The number of rotatable bonds is 3. The number of hydrogen-bond donors (Lipinski definition) is 0. The Hall–Kier alpha value is -1.63. The van der Waals surface area contributed by atoms with Crippen LogP contribution in [0.25, 0.3) is 6.08 Å². The summed E-state index contributed by atoms with van der Waals surface area (Å²) in [6, 6.07) is 12.2. The molecule has 1 atom stereocenters. The molecule has 17 heavy (non-hydrogen) atoms. The molecule has 0 unspecified atom stereocenters. The van der Waals surface area contributed by atoms with Gasteiger partial charge in [-0.05, 0) is 5.56 Å². The quantitative estimate of drug-likeness (QED) is 0.793. The van der Waals surface area contributed by atoms with Gasteiger partial charge in [0.25, 0.3) is 0 Å². The van der Waals surface area contributed by atoms with Gasteiger partial charge in [-0.15, -0.1) is 0 Å². The van der Waals surface area contributed by atoms with Gasteiger partial charge in [0.15, 0.2) is 0 Å². The molecule has 1 aliphatic heterocycles. The number of hydrogen-bond acceptors (Lipinski definition) is 3. The van der Waals surface area contributed by atoms with E-state index in [2.05, 4.69) is 11.0 Å². The zero-order chi connectivity index (χ0) is 11.9. The number of ether oxygens (including phenoxy) is 1. The fourth-order valence-electron chi connectivity index (χ4n) is 1.87. The van der Waals surface area contributed by atoms with Crippen molar-refractivity contribution in [1.82, 2.24) is 4.90 Å². The van der Waals surface area contributed by atoms with Crippen LogP contribution in [0.15, 0.2) is 36.4 Å². The van der Waals surface area contributed by atoms with E-state index in [1.807, 2.05) is 42.5 Å². The summed E-state index contributed by atoms with van der Waals surface area (Å²) in [5.41, 5.74) is 1.13. The molecule has 0 saturated carbocycles. The molecule has 3 nitrogen and oxygen atoms in total. The molecule has 0 aliphatic carbocycles. The van der Waals surface area contributed by atoms with E-state index in [0.717, 1.165) is 31.9 Å². The van der Waals surface area contributed by atoms with Crippen LogP contribution in [0.4, 0.5) is 0 Å². The lowest BCUT2D eigenvalue weighted by Crippen LogP contribution is -2.41. The maximum absolute atomic E-state index is 9.17. The fourth-order valence-corrected chi connectivity index (χ4v) is 1.87. The largest absolute Gasteiger partial charge is 0.379 e. The molecule has 1 aromatic rings. The van der Waals surface area contributed by atoms with Crippen molar-refractivity contribution in [1.29, 1.82) is 5.26 Å². The van der Waals surface area contributed by atoms with E-state index in [0.29, 0.717) is 0 Å². The Morgan fingerprint density at radius 1 is 1.24 bits per heavy atom. The van der Waals surface area contributed by atoms with E-state index in [1.54, 1.807) is 0 Å². The molecule has 1 heterocycles. The standard InChI is InChI=1S/C14H16N2O/c15-12-14(16-8-10-17-11-9-16)7-6-13-4-2-1-3-5-13/h1-7,14H,8-11H2/b7-6+/t14-/m0/s1. The summed E-state index contributed by atoms with van der Waals surface area (Å²) in [5.74, 6) is 0. The van der Waals surface area contributed by atoms with Gasteiger partial charge in [-0.25, -0.2) is 0 Å². The van der Waals surface area contributed by atoms with Crippen molar-refractivity contribution in [2.45, 2.75) is 6.04 Å². The molecular formula is C14H16N2O. The highest BCUT2D eigenvalue weighted by Crippen LogP contribution is 2.08. The minimum Gasteiger partial charge on any atom is -0.379 e. The van der Waals surface area contributed by atoms with Gasteiger partial charge in [0.05, 0.1) is 19.3 Å². The molecule has 3 heteroatoms. The minimum atomic E-state index is -0.154. The Kier molecular flexibility index (Phi) is 4.31. The van der Waals surface area contributed by atoms with Crippen LogP contribution in [0.2, 0.25) is 0 Å². The highest BCUT2D eigenvalue weighted by atomic mass is 16.5. The number of benzene rings is 1.